The molecular weight excluding hydrogens is 215 g/mol. The molecule has 0 N–H and O–H groups in total. The lowest BCUT2D eigenvalue weighted by Crippen LogP contribution is -1.87. The summed E-state index contributed by atoms with van der Waals surface area (Å²) in [4.78, 5) is 0. The fraction of sp³-hybridized carbons (Fsp3) is 0. The Morgan fingerprint density at radius 3 is 2.80 bits per heavy atom. The number of halogens is 2. The molecule has 1 radical (unpaired) electrons. The molecule has 0 fully saturated rings. The number of hydrogen-bond donors (Lipinski definition) is 0. The molecule has 0 unspecified atom stereocenters. The zero-order chi connectivity index (χ0) is 10.7. The number of ether oxygens (including phenoxy) is 1. The summed E-state index contributed by atoms with van der Waals surface area (Å²) < 4.78 is 18.5. The topological polar surface area (TPSA) is 9.23 Å². The summed E-state index contributed by atoms with van der Waals surface area (Å²) >= 11 is 5.77. The summed E-state index contributed by atoms with van der Waals surface area (Å²) in [6.07, 6.45) is 0. The third-order valence-corrected chi connectivity index (χ3v) is 2.03. The fourth-order valence-corrected chi connectivity index (χ4v) is 1.32. The summed E-state index contributed by atoms with van der Waals surface area (Å²) in [7, 11) is 0. The minimum atomic E-state index is -0.516. The van der Waals surface area contributed by atoms with Gasteiger partial charge in [-0.3, -0.25) is 0 Å². The zero-order valence-corrected chi connectivity index (χ0v) is 8.46. The van der Waals surface area contributed by atoms with E-state index in [0.717, 1.165) is 0 Å². The van der Waals surface area contributed by atoms with E-state index >= 15 is 0 Å². The van der Waals surface area contributed by atoms with Crippen LogP contribution in [0.1, 0.15) is 0 Å². The van der Waals surface area contributed by atoms with Crippen LogP contribution in [0, 0.1) is 11.9 Å². The van der Waals surface area contributed by atoms with Crippen LogP contribution < -0.4 is 4.74 Å². The standard InChI is InChI=1S/C12H7ClFO/c13-9-4-3-5-10(8-9)15-12-7-2-1-6-11(12)14/h1-5,7-8H. The maximum Gasteiger partial charge on any atom is 0.173 e. The molecule has 0 saturated carbocycles. The van der Waals surface area contributed by atoms with Gasteiger partial charge in [-0.25, -0.2) is 4.39 Å². The lowest BCUT2D eigenvalue weighted by atomic mass is 10.3. The third-order valence-electron chi connectivity index (χ3n) is 1.79. The molecule has 0 aliphatic heterocycles. The van der Waals surface area contributed by atoms with E-state index in [2.05, 4.69) is 6.07 Å². The molecule has 75 valence electrons. The molecule has 1 nitrogen and oxygen atoms in total. The Hall–Kier alpha value is -1.54. The molecule has 0 amide bonds. The summed E-state index contributed by atoms with van der Waals surface area (Å²) in [6.45, 7) is 0. The average Bonchev–Trinajstić information content (AvgIpc) is 2.22. The van der Waals surface area contributed by atoms with Crippen molar-refractivity contribution < 1.29 is 9.13 Å². The van der Waals surface area contributed by atoms with Crippen LogP contribution in [0.3, 0.4) is 0 Å². The monoisotopic (exact) mass is 221 g/mol. The largest absolute Gasteiger partial charge is 0.454 e. The lowest BCUT2D eigenvalue weighted by molar-refractivity contribution is 0.441. The highest BCUT2D eigenvalue weighted by Crippen LogP contribution is 2.25. The summed E-state index contributed by atoms with van der Waals surface area (Å²) in [5.74, 6) is 0.123. The number of rotatable bonds is 2. The van der Waals surface area contributed by atoms with Gasteiger partial charge in [-0.1, -0.05) is 29.8 Å². The van der Waals surface area contributed by atoms with Crippen molar-refractivity contribution in [1.29, 1.82) is 0 Å². The summed E-state index contributed by atoms with van der Waals surface area (Å²) in [5, 5.41) is 0.549. The van der Waals surface area contributed by atoms with Crippen molar-refractivity contribution in [3.05, 3.63) is 59.4 Å². The Morgan fingerprint density at radius 2 is 2.07 bits per heavy atom. The maximum absolute atomic E-state index is 13.2. The van der Waals surface area contributed by atoms with Crippen molar-refractivity contribution >= 4 is 11.6 Å². The molecule has 0 aliphatic rings. The Bertz CT molecular complexity index is 471. The van der Waals surface area contributed by atoms with Crippen LogP contribution in [-0.4, -0.2) is 0 Å². The molecule has 2 aromatic rings. The molecule has 2 aromatic carbocycles. The van der Waals surface area contributed by atoms with Crippen molar-refractivity contribution in [2.24, 2.45) is 0 Å². The van der Waals surface area contributed by atoms with E-state index in [9.17, 15) is 4.39 Å². The predicted molar refractivity (Wildman–Crippen MR) is 56.8 cm³/mol. The minimum Gasteiger partial charge on any atom is -0.454 e. The fourth-order valence-electron chi connectivity index (χ4n) is 1.14. The molecule has 0 atom stereocenters. The van der Waals surface area contributed by atoms with Gasteiger partial charge in [-0.2, -0.15) is 0 Å². The van der Waals surface area contributed by atoms with E-state index in [-0.39, 0.29) is 5.75 Å². The van der Waals surface area contributed by atoms with Gasteiger partial charge in [0, 0.05) is 11.1 Å². The molecule has 0 saturated heterocycles. The Balaban J connectivity index is 2.26. The molecule has 0 heterocycles. The Morgan fingerprint density at radius 1 is 1.20 bits per heavy atom. The van der Waals surface area contributed by atoms with Gasteiger partial charge < -0.3 is 4.74 Å². The Kier molecular flexibility index (Phi) is 2.88. The molecule has 0 aliphatic carbocycles. The van der Waals surface area contributed by atoms with Crippen LogP contribution in [0.5, 0.6) is 11.5 Å². The molecule has 0 aromatic heterocycles. The second-order valence-electron chi connectivity index (χ2n) is 2.91. The van der Waals surface area contributed by atoms with Gasteiger partial charge in [0.15, 0.2) is 11.6 Å². The summed E-state index contributed by atoms with van der Waals surface area (Å²) in [5.41, 5.74) is 0. The normalized spacial score (nSPS) is 10.0. The van der Waals surface area contributed by atoms with Gasteiger partial charge in [0.25, 0.3) is 0 Å². The smallest absolute Gasteiger partial charge is 0.173 e. The first-order valence-corrected chi connectivity index (χ1v) is 4.73. The first-order chi connectivity index (χ1) is 7.25. The second kappa shape index (κ2) is 4.32. The van der Waals surface area contributed by atoms with Crippen LogP contribution in [0.15, 0.2) is 42.5 Å². The Labute approximate surface area is 92.1 Å². The van der Waals surface area contributed by atoms with E-state index in [1.54, 1.807) is 30.3 Å². The quantitative estimate of drug-likeness (QED) is 0.743. The van der Waals surface area contributed by atoms with E-state index in [1.807, 2.05) is 0 Å². The van der Waals surface area contributed by atoms with Crippen LogP contribution in [0.2, 0.25) is 5.02 Å². The van der Waals surface area contributed by atoms with Gasteiger partial charge in [-0.15, -0.1) is 0 Å². The van der Waals surface area contributed by atoms with E-state index < -0.39 is 5.82 Å². The van der Waals surface area contributed by atoms with Gasteiger partial charge in [0.05, 0.1) is 0 Å². The molecule has 3 heteroatoms. The van der Waals surface area contributed by atoms with Crippen LogP contribution >= 0.6 is 11.6 Å². The summed E-state index contributed by atoms with van der Waals surface area (Å²) in [6, 6.07) is 13.9. The number of benzene rings is 2. The maximum atomic E-state index is 13.2. The molecule has 15 heavy (non-hydrogen) atoms. The van der Waals surface area contributed by atoms with Crippen molar-refractivity contribution in [3.63, 3.8) is 0 Å². The van der Waals surface area contributed by atoms with E-state index in [0.29, 0.717) is 10.8 Å². The zero-order valence-electron chi connectivity index (χ0n) is 7.71. The van der Waals surface area contributed by atoms with Crippen LogP contribution in [0.25, 0.3) is 0 Å². The van der Waals surface area contributed by atoms with E-state index in [4.69, 9.17) is 16.3 Å². The third kappa shape index (κ3) is 2.48. The van der Waals surface area contributed by atoms with Gasteiger partial charge >= 0.3 is 0 Å². The highest BCUT2D eigenvalue weighted by molar-refractivity contribution is 6.30. The second-order valence-corrected chi connectivity index (χ2v) is 3.34. The molecule has 0 spiro atoms. The predicted octanol–water partition coefficient (Wildman–Crippen LogP) is 4.07. The van der Waals surface area contributed by atoms with Gasteiger partial charge in [0.1, 0.15) is 5.75 Å². The van der Waals surface area contributed by atoms with Crippen LogP contribution in [-0.2, 0) is 0 Å². The van der Waals surface area contributed by atoms with Crippen molar-refractivity contribution in [2.75, 3.05) is 0 Å². The first kappa shape index (κ1) is 9.99. The highest BCUT2D eigenvalue weighted by Gasteiger charge is 2.03. The van der Waals surface area contributed by atoms with Crippen molar-refractivity contribution in [2.45, 2.75) is 0 Å². The van der Waals surface area contributed by atoms with E-state index in [1.165, 1.54) is 12.1 Å². The van der Waals surface area contributed by atoms with Crippen molar-refractivity contribution in [3.8, 4) is 11.5 Å². The highest BCUT2D eigenvalue weighted by atomic mass is 35.5. The molecular formula is C12H7ClFO. The SMILES string of the molecule is Fc1[c]cccc1Oc1cccc(Cl)c1. The average molecular weight is 222 g/mol. The minimum absolute atomic E-state index is 0.139. The molecule has 2 rings (SSSR count). The van der Waals surface area contributed by atoms with Gasteiger partial charge in [0.2, 0.25) is 0 Å². The number of hydrogen-bond acceptors (Lipinski definition) is 1. The van der Waals surface area contributed by atoms with Gasteiger partial charge in [-0.05, 0) is 24.3 Å². The van der Waals surface area contributed by atoms with Crippen molar-refractivity contribution in [1.82, 2.24) is 0 Å². The van der Waals surface area contributed by atoms with Crippen LogP contribution in [0.4, 0.5) is 4.39 Å². The lowest BCUT2D eigenvalue weighted by Gasteiger charge is -2.05. The molecule has 0 bridgehead atoms. The first-order valence-electron chi connectivity index (χ1n) is 4.35.